The van der Waals surface area contributed by atoms with E-state index >= 15 is 0 Å². The SMILES string of the molecule is C=CCOc1c(Br)cc(/C=C2/SC(=O)N(CCC)C2=O)cc1OC. The Balaban J connectivity index is 2.33. The van der Waals surface area contributed by atoms with Gasteiger partial charge in [-0.05, 0) is 57.9 Å². The van der Waals surface area contributed by atoms with Gasteiger partial charge in [-0.25, -0.2) is 0 Å². The summed E-state index contributed by atoms with van der Waals surface area (Å²) in [4.78, 5) is 25.9. The highest BCUT2D eigenvalue weighted by molar-refractivity contribution is 9.10. The van der Waals surface area contributed by atoms with Gasteiger partial charge in [0, 0.05) is 6.54 Å². The molecule has 0 aliphatic carbocycles. The zero-order chi connectivity index (χ0) is 17.7. The molecule has 2 rings (SSSR count). The minimum atomic E-state index is -0.256. The maximum absolute atomic E-state index is 12.3. The monoisotopic (exact) mass is 411 g/mol. The number of thioether (sulfide) groups is 1. The number of methoxy groups -OCH3 is 1. The molecule has 24 heavy (non-hydrogen) atoms. The van der Waals surface area contributed by atoms with E-state index in [1.165, 1.54) is 4.90 Å². The van der Waals surface area contributed by atoms with Gasteiger partial charge in [-0.1, -0.05) is 19.6 Å². The zero-order valence-electron chi connectivity index (χ0n) is 13.5. The summed E-state index contributed by atoms with van der Waals surface area (Å²) < 4.78 is 11.6. The molecule has 1 fully saturated rings. The van der Waals surface area contributed by atoms with E-state index < -0.39 is 0 Å². The van der Waals surface area contributed by atoms with Crippen molar-refractivity contribution < 1.29 is 19.1 Å². The molecule has 1 saturated heterocycles. The van der Waals surface area contributed by atoms with Crippen molar-refractivity contribution in [1.29, 1.82) is 0 Å². The normalized spacial score (nSPS) is 16.0. The Bertz CT molecular complexity index is 702. The molecule has 0 radical (unpaired) electrons. The van der Waals surface area contributed by atoms with Gasteiger partial charge in [0.1, 0.15) is 6.61 Å². The third kappa shape index (κ3) is 4.02. The lowest BCUT2D eigenvalue weighted by molar-refractivity contribution is -0.122. The molecule has 0 aromatic heterocycles. The number of imide groups is 1. The smallest absolute Gasteiger partial charge is 0.293 e. The van der Waals surface area contributed by atoms with Crippen molar-refractivity contribution in [3.05, 3.63) is 39.7 Å². The molecule has 5 nitrogen and oxygen atoms in total. The van der Waals surface area contributed by atoms with Crippen molar-refractivity contribution >= 4 is 44.9 Å². The highest BCUT2D eigenvalue weighted by Crippen LogP contribution is 2.39. The first-order valence-corrected chi connectivity index (χ1v) is 8.99. The lowest BCUT2D eigenvalue weighted by atomic mass is 10.2. The van der Waals surface area contributed by atoms with Crippen LogP contribution in [0.1, 0.15) is 18.9 Å². The average Bonchev–Trinajstić information content (AvgIpc) is 2.81. The Hall–Kier alpha value is -1.73. The minimum absolute atomic E-state index is 0.231. The fourth-order valence-electron chi connectivity index (χ4n) is 2.17. The molecule has 128 valence electrons. The number of rotatable bonds is 7. The van der Waals surface area contributed by atoms with E-state index in [1.54, 1.807) is 25.3 Å². The summed E-state index contributed by atoms with van der Waals surface area (Å²) >= 11 is 4.40. The van der Waals surface area contributed by atoms with Crippen LogP contribution in [0.2, 0.25) is 0 Å². The molecule has 0 unspecified atom stereocenters. The minimum Gasteiger partial charge on any atom is -0.493 e. The molecule has 0 bridgehead atoms. The van der Waals surface area contributed by atoms with E-state index in [1.807, 2.05) is 13.0 Å². The molecule has 0 spiro atoms. The molecular weight excluding hydrogens is 394 g/mol. The number of ether oxygens (including phenoxy) is 2. The first-order chi connectivity index (χ1) is 11.5. The second kappa shape index (κ2) is 8.39. The number of carbonyl (C=O) groups excluding carboxylic acids is 2. The van der Waals surface area contributed by atoms with E-state index in [4.69, 9.17) is 9.47 Å². The molecule has 1 heterocycles. The van der Waals surface area contributed by atoms with Crippen LogP contribution >= 0.6 is 27.7 Å². The van der Waals surface area contributed by atoms with Gasteiger partial charge in [-0.15, -0.1) is 0 Å². The summed E-state index contributed by atoms with van der Waals surface area (Å²) in [6, 6.07) is 3.58. The number of hydrogen-bond donors (Lipinski definition) is 0. The van der Waals surface area contributed by atoms with Gasteiger partial charge in [-0.3, -0.25) is 14.5 Å². The van der Waals surface area contributed by atoms with E-state index in [-0.39, 0.29) is 11.1 Å². The number of benzene rings is 1. The summed E-state index contributed by atoms with van der Waals surface area (Å²) in [5.41, 5.74) is 0.742. The third-order valence-corrected chi connectivity index (χ3v) is 4.71. The van der Waals surface area contributed by atoms with Crippen LogP contribution in [-0.4, -0.2) is 36.3 Å². The summed E-state index contributed by atoms with van der Waals surface area (Å²) in [5.74, 6) is 0.841. The second-order valence-corrected chi connectivity index (χ2v) is 6.81. The highest BCUT2D eigenvalue weighted by atomic mass is 79.9. The van der Waals surface area contributed by atoms with Crippen molar-refractivity contribution in [2.75, 3.05) is 20.3 Å². The van der Waals surface area contributed by atoms with Crippen LogP contribution in [0.15, 0.2) is 34.2 Å². The summed E-state index contributed by atoms with van der Waals surface area (Å²) in [6.45, 7) is 6.33. The van der Waals surface area contributed by atoms with Gasteiger partial charge < -0.3 is 9.47 Å². The third-order valence-electron chi connectivity index (χ3n) is 3.22. The molecular formula is C17H18BrNO4S. The standard InChI is InChI=1S/C17H18BrNO4S/c1-4-6-19-16(20)14(24-17(19)21)10-11-8-12(18)15(23-7-5-2)13(9-11)22-3/h5,8-10H,2,4,6-7H2,1,3H3/b14-10+. The summed E-state index contributed by atoms with van der Waals surface area (Å²) in [5, 5.41) is -0.231. The highest BCUT2D eigenvalue weighted by Gasteiger charge is 2.34. The Kier molecular flexibility index (Phi) is 6.51. The van der Waals surface area contributed by atoms with Gasteiger partial charge in [0.15, 0.2) is 11.5 Å². The van der Waals surface area contributed by atoms with Crippen LogP contribution in [-0.2, 0) is 4.79 Å². The lowest BCUT2D eigenvalue weighted by Gasteiger charge is -2.12. The maximum atomic E-state index is 12.3. The van der Waals surface area contributed by atoms with E-state index in [2.05, 4.69) is 22.5 Å². The van der Waals surface area contributed by atoms with Crippen molar-refractivity contribution in [3.63, 3.8) is 0 Å². The van der Waals surface area contributed by atoms with Crippen LogP contribution in [0.5, 0.6) is 11.5 Å². The van der Waals surface area contributed by atoms with Crippen molar-refractivity contribution in [3.8, 4) is 11.5 Å². The zero-order valence-corrected chi connectivity index (χ0v) is 15.9. The van der Waals surface area contributed by atoms with Crippen LogP contribution in [0.4, 0.5) is 4.79 Å². The number of nitrogens with zero attached hydrogens (tertiary/aromatic N) is 1. The Morgan fingerprint density at radius 2 is 2.12 bits per heavy atom. The number of amides is 2. The first-order valence-electron chi connectivity index (χ1n) is 7.38. The van der Waals surface area contributed by atoms with Crippen LogP contribution in [0, 0.1) is 0 Å². The molecule has 1 aromatic carbocycles. The Morgan fingerprint density at radius 3 is 2.75 bits per heavy atom. The summed E-state index contributed by atoms with van der Waals surface area (Å²) in [7, 11) is 1.54. The average molecular weight is 412 g/mol. The number of hydrogen-bond acceptors (Lipinski definition) is 5. The van der Waals surface area contributed by atoms with E-state index in [9.17, 15) is 9.59 Å². The molecule has 7 heteroatoms. The fraction of sp³-hybridized carbons (Fsp3) is 0.294. The van der Waals surface area contributed by atoms with Crippen molar-refractivity contribution in [2.45, 2.75) is 13.3 Å². The Morgan fingerprint density at radius 1 is 1.38 bits per heavy atom. The second-order valence-electron chi connectivity index (χ2n) is 4.97. The topological polar surface area (TPSA) is 55.8 Å². The predicted molar refractivity (Wildman–Crippen MR) is 99.4 cm³/mol. The molecule has 2 amide bonds. The molecule has 0 N–H and O–H groups in total. The Labute approximate surface area is 153 Å². The lowest BCUT2D eigenvalue weighted by Crippen LogP contribution is -2.28. The predicted octanol–water partition coefficient (Wildman–Crippen LogP) is 4.47. The van der Waals surface area contributed by atoms with Gasteiger partial charge in [0.25, 0.3) is 11.1 Å². The molecule has 1 aliphatic rings. The maximum Gasteiger partial charge on any atom is 0.293 e. The summed E-state index contributed by atoms with van der Waals surface area (Å²) in [6.07, 6.45) is 4.06. The van der Waals surface area contributed by atoms with Crippen LogP contribution < -0.4 is 9.47 Å². The molecule has 1 aliphatic heterocycles. The molecule has 0 atom stereocenters. The molecule has 0 saturated carbocycles. The van der Waals surface area contributed by atoms with Gasteiger partial charge in [0.05, 0.1) is 16.5 Å². The van der Waals surface area contributed by atoms with E-state index in [0.717, 1.165) is 23.7 Å². The van der Waals surface area contributed by atoms with Gasteiger partial charge in [-0.2, -0.15) is 0 Å². The molecule has 1 aromatic rings. The quantitative estimate of drug-likeness (QED) is 0.489. The van der Waals surface area contributed by atoms with Gasteiger partial charge >= 0.3 is 0 Å². The number of carbonyl (C=O) groups is 2. The van der Waals surface area contributed by atoms with Crippen molar-refractivity contribution in [2.24, 2.45) is 0 Å². The first kappa shape index (κ1) is 18.6. The van der Waals surface area contributed by atoms with Gasteiger partial charge in [0.2, 0.25) is 0 Å². The van der Waals surface area contributed by atoms with E-state index in [0.29, 0.717) is 34.0 Å². The van der Waals surface area contributed by atoms with Crippen LogP contribution in [0.25, 0.3) is 6.08 Å². The largest absolute Gasteiger partial charge is 0.493 e. The number of halogens is 1. The van der Waals surface area contributed by atoms with Crippen molar-refractivity contribution in [1.82, 2.24) is 4.90 Å². The fourth-order valence-corrected chi connectivity index (χ4v) is 3.61. The van der Waals surface area contributed by atoms with Crippen LogP contribution in [0.3, 0.4) is 0 Å².